The highest BCUT2D eigenvalue weighted by molar-refractivity contribution is 5.55. The van der Waals surface area contributed by atoms with Crippen LogP contribution < -0.4 is 4.74 Å². The van der Waals surface area contributed by atoms with E-state index in [2.05, 4.69) is 23.3 Å². The third-order valence-corrected chi connectivity index (χ3v) is 3.29. The van der Waals surface area contributed by atoms with E-state index in [9.17, 15) is 5.11 Å². The molecule has 1 heterocycles. The summed E-state index contributed by atoms with van der Waals surface area (Å²) in [6.07, 6.45) is 15.5. The van der Waals surface area contributed by atoms with Crippen molar-refractivity contribution in [2.75, 3.05) is 7.11 Å². The first kappa shape index (κ1) is 15.9. The van der Waals surface area contributed by atoms with Gasteiger partial charge >= 0.3 is 0 Å². The van der Waals surface area contributed by atoms with Gasteiger partial charge in [0.1, 0.15) is 0 Å². The van der Waals surface area contributed by atoms with Gasteiger partial charge in [0.2, 0.25) is 0 Å². The molecule has 1 aromatic carbocycles. The van der Waals surface area contributed by atoms with Crippen LogP contribution in [0.15, 0.2) is 42.7 Å². The predicted octanol–water partition coefficient (Wildman–Crippen LogP) is 4.03. The fraction of sp³-hybridized carbons (Fsp3) is 0.278. The average molecular weight is 298 g/mol. The first-order valence-corrected chi connectivity index (χ1v) is 7.38. The molecule has 0 radical (unpaired) electrons. The monoisotopic (exact) mass is 298 g/mol. The molecular weight excluding hydrogens is 276 g/mol. The second-order valence-corrected chi connectivity index (χ2v) is 5.11. The van der Waals surface area contributed by atoms with Crippen LogP contribution >= 0.6 is 0 Å². The summed E-state index contributed by atoms with van der Waals surface area (Å²) in [5.41, 5.74) is 2.16. The Hall–Kier alpha value is -2.49. The van der Waals surface area contributed by atoms with Crippen molar-refractivity contribution in [3.8, 4) is 11.5 Å². The highest BCUT2D eigenvalue weighted by Crippen LogP contribution is 2.26. The van der Waals surface area contributed by atoms with Crippen molar-refractivity contribution in [3.63, 3.8) is 0 Å². The average Bonchev–Trinajstić information content (AvgIpc) is 2.93. The number of methoxy groups -OCH3 is 1. The molecule has 4 nitrogen and oxygen atoms in total. The van der Waals surface area contributed by atoms with Crippen LogP contribution in [0.5, 0.6) is 11.5 Å². The number of aromatic nitrogens is 2. The molecule has 1 aromatic heterocycles. The Balaban J connectivity index is 1.73. The number of hydrogen-bond acceptors (Lipinski definition) is 3. The van der Waals surface area contributed by atoms with Gasteiger partial charge in [-0.3, -0.25) is 4.68 Å². The number of hydrogen-bond donors (Lipinski definition) is 1. The van der Waals surface area contributed by atoms with E-state index in [1.807, 2.05) is 37.7 Å². The lowest BCUT2D eigenvalue weighted by molar-refractivity contribution is 0.373. The first-order chi connectivity index (χ1) is 10.7. The van der Waals surface area contributed by atoms with Gasteiger partial charge in [-0.25, -0.2) is 0 Å². The van der Waals surface area contributed by atoms with Crippen LogP contribution in [-0.2, 0) is 7.05 Å². The van der Waals surface area contributed by atoms with E-state index in [1.165, 1.54) is 0 Å². The third-order valence-electron chi connectivity index (χ3n) is 3.29. The Labute approximate surface area is 131 Å². The minimum Gasteiger partial charge on any atom is -0.504 e. The van der Waals surface area contributed by atoms with Crippen molar-refractivity contribution in [2.45, 2.75) is 19.3 Å². The number of nitrogens with zero attached hydrogens (tertiary/aromatic N) is 2. The molecule has 0 unspecified atom stereocenters. The molecule has 4 heteroatoms. The fourth-order valence-electron chi connectivity index (χ4n) is 2.12. The van der Waals surface area contributed by atoms with Crippen LogP contribution in [-0.4, -0.2) is 22.0 Å². The quantitative estimate of drug-likeness (QED) is 0.785. The molecule has 0 spiro atoms. The zero-order valence-electron chi connectivity index (χ0n) is 13.1. The Morgan fingerprint density at radius 1 is 1.18 bits per heavy atom. The van der Waals surface area contributed by atoms with Crippen LogP contribution in [0.2, 0.25) is 0 Å². The van der Waals surface area contributed by atoms with E-state index >= 15 is 0 Å². The standard InChI is InChI=1S/C18H22N2O2/c1-20-14-16(13-19-20)9-7-5-3-4-6-8-15-10-11-17(21)18(12-15)22-2/h6-14,21H,3-5H2,1-2H3/b8-6+,9-7+. The number of phenolic OH excluding ortho intramolecular Hbond substituents is 1. The Bertz CT molecular complexity index is 657. The third kappa shape index (κ3) is 4.81. The van der Waals surface area contributed by atoms with E-state index < -0.39 is 0 Å². The van der Waals surface area contributed by atoms with Crippen molar-refractivity contribution < 1.29 is 9.84 Å². The summed E-state index contributed by atoms with van der Waals surface area (Å²) in [5, 5.41) is 13.7. The van der Waals surface area contributed by atoms with Gasteiger partial charge in [-0.1, -0.05) is 30.4 Å². The number of ether oxygens (including phenoxy) is 1. The Morgan fingerprint density at radius 2 is 1.91 bits per heavy atom. The summed E-state index contributed by atoms with van der Waals surface area (Å²) in [4.78, 5) is 0. The second kappa shape index (κ2) is 8.08. The lowest BCUT2D eigenvalue weighted by Crippen LogP contribution is -1.84. The lowest BCUT2D eigenvalue weighted by atomic mass is 10.1. The molecule has 0 aliphatic rings. The van der Waals surface area contributed by atoms with Crippen LogP contribution in [0.1, 0.15) is 30.4 Å². The van der Waals surface area contributed by atoms with Gasteiger partial charge in [0.15, 0.2) is 11.5 Å². The zero-order valence-corrected chi connectivity index (χ0v) is 13.1. The van der Waals surface area contributed by atoms with E-state index in [-0.39, 0.29) is 5.75 Å². The van der Waals surface area contributed by atoms with Crippen molar-refractivity contribution in [1.82, 2.24) is 9.78 Å². The number of unbranched alkanes of at least 4 members (excludes halogenated alkanes) is 2. The SMILES string of the molecule is COc1cc(/C=C/CCC/C=C/c2cnn(C)c2)ccc1O. The number of phenols is 1. The number of rotatable bonds is 7. The van der Waals surface area contributed by atoms with Crippen molar-refractivity contribution in [2.24, 2.45) is 7.05 Å². The van der Waals surface area contributed by atoms with Crippen molar-refractivity contribution >= 4 is 12.2 Å². The zero-order chi connectivity index (χ0) is 15.8. The molecule has 1 N–H and O–H groups in total. The minimum atomic E-state index is 0.167. The predicted molar refractivity (Wildman–Crippen MR) is 89.8 cm³/mol. The summed E-state index contributed by atoms with van der Waals surface area (Å²) < 4.78 is 6.89. The minimum absolute atomic E-state index is 0.167. The molecule has 116 valence electrons. The van der Waals surface area contributed by atoms with E-state index in [0.29, 0.717) is 5.75 Å². The number of allylic oxidation sites excluding steroid dienone is 2. The molecule has 22 heavy (non-hydrogen) atoms. The van der Waals surface area contributed by atoms with Crippen LogP contribution in [0.3, 0.4) is 0 Å². The summed E-state index contributed by atoms with van der Waals surface area (Å²) >= 11 is 0. The summed E-state index contributed by atoms with van der Waals surface area (Å²) in [7, 11) is 3.47. The van der Waals surface area contributed by atoms with Gasteiger partial charge < -0.3 is 9.84 Å². The Morgan fingerprint density at radius 3 is 2.55 bits per heavy atom. The summed E-state index contributed by atoms with van der Waals surface area (Å²) in [6, 6.07) is 5.35. The van der Waals surface area contributed by atoms with Crippen LogP contribution in [0, 0.1) is 0 Å². The highest BCUT2D eigenvalue weighted by atomic mass is 16.5. The van der Waals surface area contributed by atoms with Gasteiger partial charge in [-0.05, 0) is 37.0 Å². The number of aryl methyl sites for hydroxylation is 1. The van der Waals surface area contributed by atoms with E-state index in [4.69, 9.17) is 4.74 Å². The maximum atomic E-state index is 9.54. The van der Waals surface area contributed by atoms with Gasteiger partial charge in [0, 0.05) is 18.8 Å². The van der Waals surface area contributed by atoms with E-state index in [1.54, 1.807) is 17.9 Å². The highest BCUT2D eigenvalue weighted by Gasteiger charge is 1.99. The van der Waals surface area contributed by atoms with Crippen molar-refractivity contribution in [1.29, 1.82) is 0 Å². The molecule has 0 aliphatic heterocycles. The molecule has 0 fully saturated rings. The fourth-order valence-corrected chi connectivity index (χ4v) is 2.12. The molecule has 0 bridgehead atoms. The number of benzene rings is 1. The maximum Gasteiger partial charge on any atom is 0.161 e. The van der Waals surface area contributed by atoms with Gasteiger partial charge in [0.05, 0.1) is 13.3 Å². The smallest absolute Gasteiger partial charge is 0.161 e. The molecule has 0 saturated heterocycles. The van der Waals surface area contributed by atoms with Crippen LogP contribution in [0.25, 0.3) is 12.2 Å². The van der Waals surface area contributed by atoms with Crippen LogP contribution in [0.4, 0.5) is 0 Å². The molecule has 2 aromatic rings. The van der Waals surface area contributed by atoms with Gasteiger partial charge in [-0.2, -0.15) is 5.10 Å². The topological polar surface area (TPSA) is 47.3 Å². The first-order valence-electron chi connectivity index (χ1n) is 7.38. The molecule has 0 aliphatic carbocycles. The second-order valence-electron chi connectivity index (χ2n) is 5.11. The maximum absolute atomic E-state index is 9.54. The van der Waals surface area contributed by atoms with Crippen molar-refractivity contribution in [3.05, 3.63) is 53.9 Å². The summed E-state index contributed by atoms with van der Waals surface area (Å²) in [6.45, 7) is 0. The lowest BCUT2D eigenvalue weighted by Gasteiger charge is -2.03. The van der Waals surface area contributed by atoms with Gasteiger partial charge in [0.25, 0.3) is 0 Å². The molecule has 0 atom stereocenters. The molecule has 0 saturated carbocycles. The van der Waals surface area contributed by atoms with E-state index in [0.717, 1.165) is 30.4 Å². The number of aromatic hydroxyl groups is 1. The molecule has 0 amide bonds. The Kier molecular flexibility index (Phi) is 5.83. The largest absolute Gasteiger partial charge is 0.504 e. The summed E-state index contributed by atoms with van der Waals surface area (Å²) in [5.74, 6) is 0.668. The normalized spacial score (nSPS) is 11.5. The molecular formula is C18H22N2O2. The van der Waals surface area contributed by atoms with Gasteiger partial charge in [-0.15, -0.1) is 0 Å². The molecule has 2 rings (SSSR count).